The lowest BCUT2D eigenvalue weighted by atomic mass is 10.1. The SMILES string of the molecule is CCc1nc2n(n1)CC(NC(=NC)NCCc1cccc(C(=O)N(C)C)c1)CC2.I. The lowest BCUT2D eigenvalue weighted by Crippen LogP contribution is -2.47. The zero-order chi connectivity index (χ0) is 20.8. The standard InChI is InChI=1S/C21H31N7O.HI/c1-5-18-25-19-10-9-17(14-28(19)26-18)24-21(22-2)23-12-11-15-7-6-8-16(13-15)20(29)27(3)4;/h6-8,13,17H,5,9-12,14H2,1-4H3,(H2,22,23,24);1H. The molecule has 3 rings (SSSR count). The Morgan fingerprint density at radius 1 is 1.37 bits per heavy atom. The van der Waals surface area contributed by atoms with E-state index in [0.29, 0.717) is 5.56 Å². The van der Waals surface area contributed by atoms with Crippen LogP contribution in [0.3, 0.4) is 0 Å². The molecule has 0 fully saturated rings. The number of aromatic nitrogens is 3. The predicted molar refractivity (Wildman–Crippen MR) is 130 cm³/mol. The Labute approximate surface area is 195 Å². The third-order valence-corrected chi connectivity index (χ3v) is 5.07. The maximum Gasteiger partial charge on any atom is 0.253 e. The van der Waals surface area contributed by atoms with Crippen molar-refractivity contribution in [2.45, 2.75) is 45.2 Å². The Morgan fingerprint density at radius 3 is 2.87 bits per heavy atom. The number of benzene rings is 1. The van der Waals surface area contributed by atoms with Crippen molar-refractivity contribution >= 4 is 35.8 Å². The molecule has 2 aromatic rings. The average Bonchev–Trinajstić information content (AvgIpc) is 3.15. The Hall–Kier alpha value is -2.17. The highest BCUT2D eigenvalue weighted by atomic mass is 127. The van der Waals surface area contributed by atoms with Crippen LogP contribution >= 0.6 is 24.0 Å². The number of nitrogens with one attached hydrogen (secondary N) is 2. The van der Waals surface area contributed by atoms with Crippen LogP contribution in [-0.2, 0) is 25.8 Å². The molecular weight excluding hydrogens is 493 g/mol. The minimum Gasteiger partial charge on any atom is -0.356 e. The molecule has 1 aliphatic heterocycles. The normalized spacial score (nSPS) is 15.7. The van der Waals surface area contributed by atoms with Crippen molar-refractivity contribution in [1.29, 1.82) is 0 Å². The number of hydrogen-bond acceptors (Lipinski definition) is 4. The van der Waals surface area contributed by atoms with Gasteiger partial charge in [-0.2, -0.15) is 5.10 Å². The first-order valence-corrected chi connectivity index (χ1v) is 10.2. The summed E-state index contributed by atoms with van der Waals surface area (Å²) in [7, 11) is 5.32. The number of hydrogen-bond donors (Lipinski definition) is 2. The van der Waals surface area contributed by atoms with Gasteiger partial charge in [-0.05, 0) is 30.5 Å². The van der Waals surface area contributed by atoms with Crippen LogP contribution in [0.15, 0.2) is 29.3 Å². The molecule has 30 heavy (non-hydrogen) atoms. The van der Waals surface area contributed by atoms with Crippen LogP contribution in [0.5, 0.6) is 0 Å². The van der Waals surface area contributed by atoms with Crippen molar-refractivity contribution in [2.75, 3.05) is 27.7 Å². The van der Waals surface area contributed by atoms with E-state index >= 15 is 0 Å². The third-order valence-electron chi connectivity index (χ3n) is 5.07. The van der Waals surface area contributed by atoms with E-state index < -0.39 is 0 Å². The lowest BCUT2D eigenvalue weighted by molar-refractivity contribution is 0.0827. The number of carbonyl (C=O) groups excluding carboxylic acids is 1. The minimum atomic E-state index is 0. The van der Waals surface area contributed by atoms with Crippen molar-refractivity contribution in [1.82, 2.24) is 30.3 Å². The zero-order valence-electron chi connectivity index (χ0n) is 18.2. The van der Waals surface area contributed by atoms with Gasteiger partial charge in [0.15, 0.2) is 11.8 Å². The van der Waals surface area contributed by atoms with E-state index in [0.717, 1.165) is 61.9 Å². The van der Waals surface area contributed by atoms with Gasteiger partial charge in [0.25, 0.3) is 5.91 Å². The molecule has 0 aliphatic carbocycles. The van der Waals surface area contributed by atoms with Gasteiger partial charge >= 0.3 is 0 Å². The molecule has 9 heteroatoms. The van der Waals surface area contributed by atoms with Gasteiger partial charge in [0.05, 0.1) is 6.54 Å². The summed E-state index contributed by atoms with van der Waals surface area (Å²) in [4.78, 5) is 22.6. The minimum absolute atomic E-state index is 0. The molecule has 0 spiro atoms. The molecule has 1 atom stereocenters. The quantitative estimate of drug-likeness (QED) is 0.342. The van der Waals surface area contributed by atoms with Crippen molar-refractivity contribution < 1.29 is 4.79 Å². The first-order chi connectivity index (χ1) is 14.0. The van der Waals surface area contributed by atoms with E-state index in [2.05, 4.69) is 32.6 Å². The van der Waals surface area contributed by atoms with Gasteiger partial charge in [0.1, 0.15) is 5.82 Å². The van der Waals surface area contributed by atoms with Crippen LogP contribution in [0.4, 0.5) is 0 Å². The van der Waals surface area contributed by atoms with E-state index in [1.54, 1.807) is 26.0 Å². The molecular formula is C21H32IN7O. The Balaban J connectivity index is 0.00000320. The monoisotopic (exact) mass is 525 g/mol. The van der Waals surface area contributed by atoms with E-state index in [-0.39, 0.29) is 35.9 Å². The number of guanidine groups is 1. The molecule has 1 unspecified atom stereocenters. The van der Waals surface area contributed by atoms with Gasteiger partial charge in [0, 0.05) is 52.1 Å². The van der Waals surface area contributed by atoms with Crippen LogP contribution < -0.4 is 10.6 Å². The number of nitrogens with zero attached hydrogens (tertiary/aromatic N) is 5. The maximum atomic E-state index is 12.1. The second-order valence-electron chi connectivity index (χ2n) is 7.51. The first-order valence-electron chi connectivity index (χ1n) is 10.2. The fraction of sp³-hybridized carbons (Fsp3) is 0.524. The topological polar surface area (TPSA) is 87.4 Å². The maximum absolute atomic E-state index is 12.1. The van der Waals surface area contributed by atoms with Crippen LogP contribution in [0.2, 0.25) is 0 Å². The molecule has 2 N–H and O–H groups in total. The molecule has 1 amide bonds. The van der Waals surface area contributed by atoms with Gasteiger partial charge < -0.3 is 15.5 Å². The second kappa shape index (κ2) is 11.3. The summed E-state index contributed by atoms with van der Waals surface area (Å²) >= 11 is 0. The second-order valence-corrected chi connectivity index (χ2v) is 7.51. The third kappa shape index (κ3) is 6.16. The number of halogens is 1. The molecule has 0 bridgehead atoms. The van der Waals surface area contributed by atoms with E-state index in [1.165, 1.54) is 0 Å². The Kier molecular flexibility index (Phi) is 9.07. The van der Waals surface area contributed by atoms with Crippen molar-refractivity contribution in [3.63, 3.8) is 0 Å². The van der Waals surface area contributed by atoms with Crippen molar-refractivity contribution in [3.05, 3.63) is 47.0 Å². The summed E-state index contributed by atoms with van der Waals surface area (Å²) < 4.78 is 2.01. The van der Waals surface area contributed by atoms with Crippen LogP contribution in [0, 0.1) is 0 Å². The van der Waals surface area contributed by atoms with Crippen LogP contribution in [0.1, 0.15) is 40.9 Å². The van der Waals surface area contributed by atoms with E-state index in [9.17, 15) is 4.79 Å². The highest BCUT2D eigenvalue weighted by Crippen LogP contribution is 2.13. The fourth-order valence-corrected chi connectivity index (χ4v) is 3.46. The molecule has 0 saturated heterocycles. The average molecular weight is 525 g/mol. The highest BCUT2D eigenvalue weighted by molar-refractivity contribution is 14.0. The molecule has 1 aliphatic rings. The largest absolute Gasteiger partial charge is 0.356 e. The van der Waals surface area contributed by atoms with E-state index in [1.807, 2.05) is 28.9 Å². The molecule has 0 saturated carbocycles. The summed E-state index contributed by atoms with van der Waals surface area (Å²) in [6.45, 7) is 3.62. The number of carbonyl (C=O) groups is 1. The van der Waals surface area contributed by atoms with Gasteiger partial charge in [-0.25, -0.2) is 9.67 Å². The fourth-order valence-electron chi connectivity index (χ4n) is 3.46. The Bertz CT molecular complexity index is 878. The zero-order valence-corrected chi connectivity index (χ0v) is 20.5. The van der Waals surface area contributed by atoms with Gasteiger partial charge in [-0.3, -0.25) is 9.79 Å². The molecule has 2 heterocycles. The highest BCUT2D eigenvalue weighted by Gasteiger charge is 2.22. The number of aryl methyl sites for hydroxylation is 2. The van der Waals surface area contributed by atoms with Crippen LogP contribution in [0.25, 0.3) is 0 Å². The van der Waals surface area contributed by atoms with Gasteiger partial charge in [-0.1, -0.05) is 19.1 Å². The molecule has 1 aromatic heterocycles. The summed E-state index contributed by atoms with van der Waals surface area (Å²) in [6, 6.07) is 8.07. The number of rotatable bonds is 6. The van der Waals surface area contributed by atoms with Crippen molar-refractivity contribution in [3.8, 4) is 0 Å². The molecule has 164 valence electrons. The number of amides is 1. The Morgan fingerprint density at radius 2 is 2.17 bits per heavy atom. The molecule has 8 nitrogen and oxygen atoms in total. The van der Waals surface area contributed by atoms with Gasteiger partial charge in [-0.15, -0.1) is 24.0 Å². The number of aliphatic imine (C=N–C) groups is 1. The summed E-state index contributed by atoms with van der Waals surface area (Å²) in [5, 5.41) is 11.4. The van der Waals surface area contributed by atoms with Gasteiger partial charge in [0.2, 0.25) is 0 Å². The summed E-state index contributed by atoms with van der Waals surface area (Å²) in [6.07, 6.45) is 3.61. The first kappa shape index (κ1) is 24.1. The lowest BCUT2D eigenvalue weighted by Gasteiger charge is -2.25. The number of fused-ring (bicyclic) bond motifs is 1. The smallest absolute Gasteiger partial charge is 0.253 e. The molecule has 1 aromatic carbocycles. The van der Waals surface area contributed by atoms with Crippen molar-refractivity contribution in [2.24, 2.45) is 4.99 Å². The molecule has 0 radical (unpaired) electrons. The summed E-state index contributed by atoms with van der Waals surface area (Å²) in [5.41, 5.74) is 1.84. The summed E-state index contributed by atoms with van der Waals surface area (Å²) in [5.74, 6) is 2.80. The van der Waals surface area contributed by atoms with Crippen LogP contribution in [-0.4, -0.2) is 65.3 Å². The van der Waals surface area contributed by atoms with E-state index in [4.69, 9.17) is 0 Å². The predicted octanol–water partition coefficient (Wildman–Crippen LogP) is 1.88.